The Hall–Kier alpha value is -2.39. The van der Waals surface area contributed by atoms with Gasteiger partial charge in [0.2, 0.25) is 10.0 Å². The third-order valence-electron chi connectivity index (χ3n) is 5.32. The number of aryl methyl sites for hydroxylation is 2. The van der Waals surface area contributed by atoms with E-state index in [-0.39, 0.29) is 22.9 Å². The number of nitrogens with zero attached hydrogens (tertiary/aromatic N) is 2. The second kappa shape index (κ2) is 6.65. The van der Waals surface area contributed by atoms with Crippen molar-refractivity contribution < 1.29 is 17.7 Å². The first kappa shape index (κ1) is 18.0. The minimum atomic E-state index is -3.53. The van der Waals surface area contributed by atoms with Crippen LogP contribution >= 0.6 is 0 Å². The van der Waals surface area contributed by atoms with Gasteiger partial charge in [0.05, 0.1) is 17.5 Å². The molecule has 1 atom stereocenters. The number of rotatable bonds is 2. The van der Waals surface area contributed by atoms with Crippen molar-refractivity contribution in [2.24, 2.45) is 5.92 Å². The smallest absolute Gasteiger partial charge is 0.259 e. The third-order valence-corrected chi connectivity index (χ3v) is 6.81. The number of sulfonamides is 1. The highest BCUT2D eigenvalue weighted by Crippen LogP contribution is 2.31. The number of para-hydroxylation sites is 1. The molecular formula is C18H22N4O4S. The van der Waals surface area contributed by atoms with Gasteiger partial charge in [-0.05, 0) is 44.7 Å². The van der Waals surface area contributed by atoms with Gasteiger partial charge in [-0.3, -0.25) is 4.79 Å². The van der Waals surface area contributed by atoms with E-state index >= 15 is 0 Å². The fraction of sp³-hybridized carbons (Fsp3) is 0.444. The Labute approximate surface area is 158 Å². The quantitative estimate of drug-likeness (QED) is 0.811. The standard InChI is InChI=1S/C18H22N4O4S/c1-11-16(12(2)26-20-11)18(23)22-9-7-13(8-10-22)17-19-14-5-3-4-6-15(14)27(24,25)21-17/h3-6,13,17,19,21H,7-10H2,1-2H3/t17-/m0/s1. The lowest BCUT2D eigenvalue weighted by atomic mass is 9.93. The minimum absolute atomic E-state index is 0.0766. The molecule has 2 aromatic rings. The Balaban J connectivity index is 1.45. The van der Waals surface area contributed by atoms with Crippen molar-refractivity contribution in [1.82, 2.24) is 14.8 Å². The van der Waals surface area contributed by atoms with E-state index in [0.717, 1.165) is 0 Å². The van der Waals surface area contributed by atoms with Gasteiger partial charge in [-0.1, -0.05) is 17.3 Å². The van der Waals surface area contributed by atoms with Gasteiger partial charge in [0.25, 0.3) is 5.91 Å². The fourth-order valence-electron chi connectivity index (χ4n) is 3.84. The van der Waals surface area contributed by atoms with Gasteiger partial charge in [0, 0.05) is 13.1 Å². The molecule has 1 saturated heterocycles. The summed E-state index contributed by atoms with van der Waals surface area (Å²) in [5.74, 6) is 0.548. The van der Waals surface area contributed by atoms with Gasteiger partial charge in [-0.2, -0.15) is 4.72 Å². The molecule has 1 aromatic carbocycles. The van der Waals surface area contributed by atoms with E-state index in [4.69, 9.17) is 4.52 Å². The molecule has 0 radical (unpaired) electrons. The molecule has 1 amide bonds. The molecule has 4 rings (SSSR count). The van der Waals surface area contributed by atoms with Gasteiger partial charge in [0.1, 0.15) is 16.2 Å². The third kappa shape index (κ3) is 3.21. The predicted molar refractivity (Wildman–Crippen MR) is 98.8 cm³/mol. The SMILES string of the molecule is Cc1noc(C)c1C(=O)N1CCC([C@H]2Nc3ccccc3S(=O)(=O)N2)CC1. The lowest BCUT2D eigenvalue weighted by molar-refractivity contribution is 0.0677. The molecule has 9 heteroatoms. The van der Waals surface area contributed by atoms with Crippen LogP contribution in [-0.4, -0.2) is 43.6 Å². The maximum absolute atomic E-state index is 12.8. The summed E-state index contributed by atoms with van der Waals surface area (Å²) in [7, 11) is -3.53. The maximum atomic E-state index is 12.8. The fourth-order valence-corrected chi connectivity index (χ4v) is 5.23. The number of anilines is 1. The molecule has 0 spiro atoms. The molecule has 0 aliphatic carbocycles. The molecule has 8 nitrogen and oxygen atoms in total. The molecule has 0 unspecified atom stereocenters. The van der Waals surface area contributed by atoms with Crippen LogP contribution in [0.4, 0.5) is 5.69 Å². The number of carbonyl (C=O) groups excluding carboxylic acids is 1. The van der Waals surface area contributed by atoms with E-state index in [9.17, 15) is 13.2 Å². The molecule has 144 valence electrons. The zero-order valence-corrected chi connectivity index (χ0v) is 16.0. The molecule has 3 heterocycles. The van der Waals surface area contributed by atoms with Crippen LogP contribution in [0.1, 0.15) is 34.7 Å². The van der Waals surface area contributed by atoms with Crippen LogP contribution in [0, 0.1) is 19.8 Å². The highest BCUT2D eigenvalue weighted by atomic mass is 32.2. The second-order valence-corrected chi connectivity index (χ2v) is 8.75. The van der Waals surface area contributed by atoms with Gasteiger partial charge in [0.15, 0.2) is 0 Å². The zero-order valence-electron chi connectivity index (χ0n) is 15.2. The Morgan fingerprint density at radius 1 is 1.22 bits per heavy atom. The van der Waals surface area contributed by atoms with Crippen molar-refractivity contribution in [3.05, 3.63) is 41.3 Å². The highest BCUT2D eigenvalue weighted by molar-refractivity contribution is 7.89. The number of hydrogen-bond acceptors (Lipinski definition) is 6. The number of aromatic nitrogens is 1. The van der Waals surface area contributed by atoms with Crippen molar-refractivity contribution >= 4 is 21.6 Å². The monoisotopic (exact) mass is 390 g/mol. The molecular weight excluding hydrogens is 368 g/mol. The lowest BCUT2D eigenvalue weighted by Crippen LogP contribution is -2.52. The molecule has 2 N–H and O–H groups in total. The van der Waals surface area contributed by atoms with Crippen LogP contribution in [0.15, 0.2) is 33.7 Å². The Morgan fingerprint density at radius 2 is 1.93 bits per heavy atom. The van der Waals surface area contributed by atoms with Gasteiger partial charge in [-0.25, -0.2) is 8.42 Å². The van der Waals surface area contributed by atoms with Crippen LogP contribution in [0.3, 0.4) is 0 Å². The van der Waals surface area contributed by atoms with Crippen LogP contribution in [0.5, 0.6) is 0 Å². The largest absolute Gasteiger partial charge is 0.368 e. The number of benzene rings is 1. The Morgan fingerprint density at radius 3 is 2.59 bits per heavy atom. The molecule has 0 saturated carbocycles. The first-order chi connectivity index (χ1) is 12.9. The van der Waals surface area contributed by atoms with Gasteiger partial charge >= 0.3 is 0 Å². The van der Waals surface area contributed by atoms with Crippen molar-refractivity contribution in [1.29, 1.82) is 0 Å². The summed E-state index contributed by atoms with van der Waals surface area (Å²) >= 11 is 0. The summed E-state index contributed by atoms with van der Waals surface area (Å²) in [6.45, 7) is 4.62. The van der Waals surface area contributed by atoms with E-state index in [0.29, 0.717) is 48.6 Å². The molecule has 2 aliphatic heterocycles. The van der Waals surface area contributed by atoms with Crippen molar-refractivity contribution in [3.8, 4) is 0 Å². The number of likely N-dealkylation sites (tertiary alicyclic amines) is 1. The van der Waals surface area contributed by atoms with Crippen molar-refractivity contribution in [2.45, 2.75) is 37.8 Å². The molecule has 1 aromatic heterocycles. The summed E-state index contributed by atoms with van der Waals surface area (Å²) in [5.41, 5.74) is 1.74. The molecule has 2 aliphatic rings. The number of piperidine rings is 1. The van der Waals surface area contributed by atoms with E-state index in [1.165, 1.54) is 0 Å². The normalized spacial score (nSPS) is 22.1. The van der Waals surface area contributed by atoms with E-state index in [1.54, 1.807) is 36.9 Å². The lowest BCUT2D eigenvalue weighted by Gasteiger charge is -2.38. The van der Waals surface area contributed by atoms with Crippen LogP contribution in [0.2, 0.25) is 0 Å². The number of fused-ring (bicyclic) bond motifs is 1. The summed E-state index contributed by atoms with van der Waals surface area (Å²) < 4.78 is 32.8. The first-order valence-electron chi connectivity index (χ1n) is 8.97. The summed E-state index contributed by atoms with van der Waals surface area (Å²) in [4.78, 5) is 14.8. The van der Waals surface area contributed by atoms with E-state index in [1.807, 2.05) is 6.07 Å². The molecule has 1 fully saturated rings. The van der Waals surface area contributed by atoms with Gasteiger partial charge < -0.3 is 14.7 Å². The topological polar surface area (TPSA) is 105 Å². The van der Waals surface area contributed by atoms with E-state index in [2.05, 4.69) is 15.2 Å². The average Bonchev–Trinajstić information content (AvgIpc) is 2.99. The average molecular weight is 390 g/mol. The van der Waals surface area contributed by atoms with Crippen LogP contribution < -0.4 is 10.0 Å². The highest BCUT2D eigenvalue weighted by Gasteiger charge is 2.36. The van der Waals surface area contributed by atoms with E-state index < -0.39 is 10.0 Å². The van der Waals surface area contributed by atoms with Crippen molar-refractivity contribution in [2.75, 3.05) is 18.4 Å². The second-order valence-electron chi connectivity index (χ2n) is 7.07. The van der Waals surface area contributed by atoms with Crippen molar-refractivity contribution in [3.63, 3.8) is 0 Å². The zero-order chi connectivity index (χ0) is 19.2. The summed E-state index contributed by atoms with van der Waals surface area (Å²) in [5, 5.41) is 7.14. The number of hydrogen-bond donors (Lipinski definition) is 2. The Kier molecular flexibility index (Phi) is 4.43. The minimum Gasteiger partial charge on any atom is -0.368 e. The first-order valence-corrected chi connectivity index (χ1v) is 10.4. The van der Waals surface area contributed by atoms with Gasteiger partial charge in [-0.15, -0.1) is 0 Å². The maximum Gasteiger partial charge on any atom is 0.259 e. The number of carbonyl (C=O) groups is 1. The summed E-state index contributed by atoms with van der Waals surface area (Å²) in [6.07, 6.45) is 1.04. The predicted octanol–water partition coefficient (Wildman–Crippen LogP) is 1.87. The Bertz CT molecular complexity index is 957. The molecule has 0 bridgehead atoms. The molecule has 27 heavy (non-hydrogen) atoms. The van der Waals surface area contributed by atoms with Crippen LogP contribution in [-0.2, 0) is 10.0 Å². The van der Waals surface area contributed by atoms with Crippen LogP contribution in [0.25, 0.3) is 0 Å². The number of nitrogens with one attached hydrogen (secondary N) is 2. The summed E-state index contributed by atoms with van der Waals surface area (Å²) in [6, 6.07) is 6.89. The number of amides is 1.